The van der Waals surface area contributed by atoms with Crippen LogP contribution in [0.5, 0.6) is 0 Å². The largest absolute Gasteiger partial charge is 0.313 e. The smallest absolute Gasteiger partial charge is 0.154 e. The normalized spacial score (nSPS) is 14.9. The molecule has 0 saturated carbocycles. The van der Waals surface area contributed by atoms with Gasteiger partial charge in [0.25, 0.3) is 0 Å². The minimum absolute atomic E-state index is 0.629. The van der Waals surface area contributed by atoms with E-state index in [0.29, 0.717) is 6.54 Å². The average Bonchev–Trinajstić information content (AvgIpc) is 2.61. The van der Waals surface area contributed by atoms with Crippen molar-refractivity contribution in [2.24, 2.45) is 4.99 Å². The monoisotopic (exact) mass is 240 g/mol. The van der Waals surface area contributed by atoms with Crippen molar-refractivity contribution in [2.75, 3.05) is 0 Å². The van der Waals surface area contributed by atoms with Gasteiger partial charge in [0.05, 0.1) is 6.54 Å². The Balaban J connectivity index is 1.94. The summed E-state index contributed by atoms with van der Waals surface area (Å²) < 4.78 is 2.16. The van der Waals surface area contributed by atoms with Gasteiger partial charge in [-0.1, -0.05) is 24.3 Å². The molecule has 0 amide bonds. The summed E-state index contributed by atoms with van der Waals surface area (Å²) in [5.41, 5.74) is 3.72. The van der Waals surface area contributed by atoms with Gasteiger partial charge < -0.3 is 4.57 Å². The SMILES string of the molecule is Cc1ccccc1C1=NCc2nnc(C)n2CC1. The average molecular weight is 240 g/mol. The third-order valence-electron chi connectivity index (χ3n) is 3.45. The number of hydrogen-bond acceptors (Lipinski definition) is 3. The van der Waals surface area contributed by atoms with Crippen LogP contribution in [0.4, 0.5) is 0 Å². The Bertz CT molecular complexity index is 610. The summed E-state index contributed by atoms with van der Waals surface area (Å²) in [6, 6.07) is 8.41. The van der Waals surface area contributed by atoms with Gasteiger partial charge >= 0.3 is 0 Å². The summed E-state index contributed by atoms with van der Waals surface area (Å²) in [5, 5.41) is 8.27. The van der Waals surface area contributed by atoms with Gasteiger partial charge in [0, 0.05) is 18.7 Å². The van der Waals surface area contributed by atoms with E-state index in [1.165, 1.54) is 16.8 Å². The third-order valence-corrected chi connectivity index (χ3v) is 3.45. The molecule has 0 atom stereocenters. The lowest BCUT2D eigenvalue weighted by atomic mass is 10.0. The van der Waals surface area contributed by atoms with Crippen LogP contribution < -0.4 is 0 Å². The Morgan fingerprint density at radius 3 is 2.78 bits per heavy atom. The summed E-state index contributed by atoms with van der Waals surface area (Å²) in [6.07, 6.45) is 0.941. The lowest BCUT2D eigenvalue weighted by Crippen LogP contribution is -2.07. The van der Waals surface area contributed by atoms with Crippen molar-refractivity contribution in [3.05, 3.63) is 47.0 Å². The fraction of sp³-hybridized carbons (Fsp3) is 0.357. The molecule has 0 N–H and O–H groups in total. The van der Waals surface area contributed by atoms with Crippen molar-refractivity contribution in [2.45, 2.75) is 33.4 Å². The second-order valence-corrected chi connectivity index (χ2v) is 4.64. The molecule has 18 heavy (non-hydrogen) atoms. The summed E-state index contributed by atoms with van der Waals surface area (Å²) in [5.74, 6) is 1.95. The van der Waals surface area contributed by atoms with Crippen LogP contribution >= 0.6 is 0 Å². The summed E-state index contributed by atoms with van der Waals surface area (Å²) in [6.45, 7) is 5.68. The predicted octanol–water partition coefficient (Wildman–Crippen LogP) is 2.29. The minimum Gasteiger partial charge on any atom is -0.313 e. The Kier molecular flexibility index (Phi) is 2.70. The van der Waals surface area contributed by atoms with Gasteiger partial charge in [0.1, 0.15) is 5.82 Å². The molecular weight excluding hydrogens is 224 g/mol. The van der Waals surface area contributed by atoms with Gasteiger partial charge in [0.2, 0.25) is 0 Å². The highest BCUT2D eigenvalue weighted by atomic mass is 15.3. The topological polar surface area (TPSA) is 43.1 Å². The molecule has 0 unspecified atom stereocenters. The maximum Gasteiger partial charge on any atom is 0.154 e. The Morgan fingerprint density at radius 1 is 1.11 bits per heavy atom. The fourth-order valence-corrected chi connectivity index (χ4v) is 2.41. The van der Waals surface area contributed by atoms with Crippen molar-refractivity contribution in [3.63, 3.8) is 0 Å². The molecule has 4 heteroatoms. The van der Waals surface area contributed by atoms with E-state index in [9.17, 15) is 0 Å². The second kappa shape index (κ2) is 4.37. The molecule has 0 bridgehead atoms. The number of benzene rings is 1. The summed E-state index contributed by atoms with van der Waals surface area (Å²) in [4.78, 5) is 4.70. The third kappa shape index (κ3) is 1.83. The fourth-order valence-electron chi connectivity index (χ4n) is 2.41. The van der Waals surface area contributed by atoms with E-state index < -0.39 is 0 Å². The zero-order chi connectivity index (χ0) is 12.5. The van der Waals surface area contributed by atoms with Crippen LogP contribution in [0.15, 0.2) is 29.3 Å². The number of aryl methyl sites for hydroxylation is 2. The lowest BCUT2D eigenvalue weighted by Gasteiger charge is -2.08. The number of nitrogens with zero attached hydrogens (tertiary/aromatic N) is 4. The standard InChI is InChI=1S/C14H16N4/c1-10-5-3-4-6-12(10)13-7-8-18-11(2)16-17-14(18)9-15-13/h3-6H,7-9H2,1-2H3. The van der Waals surface area contributed by atoms with Crippen molar-refractivity contribution < 1.29 is 0 Å². The van der Waals surface area contributed by atoms with E-state index >= 15 is 0 Å². The van der Waals surface area contributed by atoms with Crippen LogP contribution in [-0.2, 0) is 13.1 Å². The molecule has 0 fully saturated rings. The Hall–Kier alpha value is -1.97. The van der Waals surface area contributed by atoms with Crippen LogP contribution in [0.2, 0.25) is 0 Å². The molecular formula is C14H16N4. The lowest BCUT2D eigenvalue weighted by molar-refractivity contribution is 0.672. The molecule has 4 nitrogen and oxygen atoms in total. The first-order valence-electron chi connectivity index (χ1n) is 6.23. The maximum absolute atomic E-state index is 4.70. The zero-order valence-corrected chi connectivity index (χ0v) is 10.7. The van der Waals surface area contributed by atoms with Gasteiger partial charge in [-0.05, 0) is 25.0 Å². The zero-order valence-electron chi connectivity index (χ0n) is 10.7. The van der Waals surface area contributed by atoms with E-state index in [4.69, 9.17) is 4.99 Å². The summed E-state index contributed by atoms with van der Waals surface area (Å²) >= 11 is 0. The first-order valence-corrected chi connectivity index (χ1v) is 6.23. The quantitative estimate of drug-likeness (QED) is 0.767. The van der Waals surface area contributed by atoms with E-state index in [-0.39, 0.29) is 0 Å². The van der Waals surface area contributed by atoms with E-state index in [1.807, 2.05) is 6.92 Å². The molecule has 0 aliphatic carbocycles. The van der Waals surface area contributed by atoms with Gasteiger partial charge in [0.15, 0.2) is 5.82 Å². The van der Waals surface area contributed by atoms with E-state index in [1.54, 1.807) is 0 Å². The molecule has 0 spiro atoms. The Labute approximate surface area is 106 Å². The second-order valence-electron chi connectivity index (χ2n) is 4.64. The number of hydrogen-bond donors (Lipinski definition) is 0. The minimum atomic E-state index is 0.629. The number of aliphatic imine (C=N–C) groups is 1. The van der Waals surface area contributed by atoms with Gasteiger partial charge in [-0.25, -0.2) is 0 Å². The molecule has 3 rings (SSSR count). The highest BCUT2D eigenvalue weighted by molar-refractivity contribution is 6.01. The molecule has 2 aromatic rings. The van der Waals surface area contributed by atoms with Crippen LogP contribution in [0.25, 0.3) is 0 Å². The van der Waals surface area contributed by atoms with Crippen molar-refractivity contribution in [1.29, 1.82) is 0 Å². The highest BCUT2D eigenvalue weighted by Crippen LogP contribution is 2.16. The molecule has 1 aromatic carbocycles. The Morgan fingerprint density at radius 2 is 1.94 bits per heavy atom. The molecule has 92 valence electrons. The van der Waals surface area contributed by atoms with Gasteiger partial charge in [-0.3, -0.25) is 4.99 Å². The number of aromatic nitrogens is 3. The number of rotatable bonds is 1. The molecule has 0 saturated heterocycles. The van der Waals surface area contributed by atoms with E-state index in [2.05, 4.69) is 46.0 Å². The van der Waals surface area contributed by atoms with Crippen LogP contribution in [0, 0.1) is 13.8 Å². The summed E-state index contributed by atoms with van der Waals surface area (Å²) in [7, 11) is 0. The van der Waals surface area contributed by atoms with Crippen molar-refractivity contribution in [3.8, 4) is 0 Å². The molecule has 0 radical (unpaired) electrons. The maximum atomic E-state index is 4.70. The van der Waals surface area contributed by atoms with Crippen LogP contribution in [-0.4, -0.2) is 20.5 Å². The molecule has 1 aromatic heterocycles. The van der Waals surface area contributed by atoms with Gasteiger partial charge in [-0.15, -0.1) is 10.2 Å². The molecule has 1 aliphatic rings. The van der Waals surface area contributed by atoms with E-state index in [0.717, 1.165) is 24.6 Å². The van der Waals surface area contributed by atoms with Crippen molar-refractivity contribution >= 4 is 5.71 Å². The van der Waals surface area contributed by atoms with Crippen molar-refractivity contribution in [1.82, 2.24) is 14.8 Å². The molecule has 2 heterocycles. The van der Waals surface area contributed by atoms with Crippen LogP contribution in [0.1, 0.15) is 29.2 Å². The van der Waals surface area contributed by atoms with Gasteiger partial charge in [-0.2, -0.15) is 0 Å². The first-order chi connectivity index (χ1) is 8.75. The van der Waals surface area contributed by atoms with Crippen LogP contribution in [0.3, 0.4) is 0 Å². The highest BCUT2D eigenvalue weighted by Gasteiger charge is 2.15. The predicted molar refractivity (Wildman–Crippen MR) is 70.8 cm³/mol. The first kappa shape index (κ1) is 11.1. The number of fused-ring (bicyclic) bond motifs is 1. The molecule has 1 aliphatic heterocycles.